The number of aromatic nitrogens is 1. The molecule has 3 rings (SSSR count). The van der Waals surface area contributed by atoms with E-state index in [9.17, 15) is 19.5 Å². The Labute approximate surface area is 161 Å². The molecule has 0 spiro atoms. The first kappa shape index (κ1) is 19.2. The van der Waals surface area contributed by atoms with Crippen molar-refractivity contribution in [2.24, 2.45) is 0 Å². The van der Waals surface area contributed by atoms with Crippen LogP contribution in [-0.2, 0) is 16.0 Å². The fraction of sp³-hybridized carbons (Fsp3) is 0.190. The van der Waals surface area contributed by atoms with Crippen molar-refractivity contribution in [3.05, 3.63) is 65.4 Å². The van der Waals surface area contributed by atoms with Crippen molar-refractivity contribution in [3.63, 3.8) is 0 Å². The minimum Gasteiger partial charge on any atom is -0.497 e. The minimum atomic E-state index is -1.16. The van der Waals surface area contributed by atoms with Gasteiger partial charge < -0.3 is 20.1 Å². The number of H-pyrrole nitrogens is 1. The Morgan fingerprint density at radius 3 is 2.39 bits per heavy atom. The molecule has 0 radical (unpaired) electrons. The standard InChI is InChI=1S/C21H20N2O5/c1-12(24)22-18(21(26)27)11-16-15-5-3-4-6-17(15)23-19(16)20(25)13-7-9-14(28-2)10-8-13/h3-10,18,23H,11H2,1-2H3,(H,22,24)(H,26,27). The Bertz CT molecular complexity index is 1040. The van der Waals surface area contributed by atoms with Gasteiger partial charge in [0, 0.05) is 29.8 Å². The van der Waals surface area contributed by atoms with Gasteiger partial charge in [0.1, 0.15) is 11.8 Å². The number of carboxylic acids is 1. The van der Waals surface area contributed by atoms with Crippen LogP contribution in [0.4, 0.5) is 0 Å². The summed E-state index contributed by atoms with van der Waals surface area (Å²) >= 11 is 0. The summed E-state index contributed by atoms with van der Waals surface area (Å²) in [4.78, 5) is 39.2. The number of fused-ring (bicyclic) bond motifs is 1. The van der Waals surface area contributed by atoms with Crippen LogP contribution in [0.15, 0.2) is 48.5 Å². The smallest absolute Gasteiger partial charge is 0.326 e. The average molecular weight is 380 g/mol. The van der Waals surface area contributed by atoms with E-state index in [1.165, 1.54) is 6.92 Å². The molecule has 0 saturated carbocycles. The number of carbonyl (C=O) groups is 3. The van der Waals surface area contributed by atoms with Crippen molar-refractivity contribution in [3.8, 4) is 5.75 Å². The molecule has 28 heavy (non-hydrogen) atoms. The number of aliphatic carboxylic acids is 1. The van der Waals surface area contributed by atoms with E-state index in [0.29, 0.717) is 22.6 Å². The Kier molecular flexibility index (Phi) is 5.44. The Balaban J connectivity index is 2.06. The summed E-state index contributed by atoms with van der Waals surface area (Å²) in [5.74, 6) is -1.25. The van der Waals surface area contributed by atoms with Crippen molar-refractivity contribution in [2.45, 2.75) is 19.4 Å². The molecule has 0 saturated heterocycles. The second-order valence-corrected chi connectivity index (χ2v) is 6.38. The fourth-order valence-corrected chi connectivity index (χ4v) is 3.14. The Morgan fingerprint density at radius 2 is 1.79 bits per heavy atom. The lowest BCUT2D eigenvalue weighted by Gasteiger charge is -2.14. The van der Waals surface area contributed by atoms with Crippen LogP contribution in [0.2, 0.25) is 0 Å². The minimum absolute atomic E-state index is 0.0177. The summed E-state index contributed by atoms with van der Waals surface area (Å²) in [5, 5.41) is 12.6. The number of benzene rings is 2. The molecule has 2 aromatic carbocycles. The number of para-hydroxylation sites is 1. The highest BCUT2D eigenvalue weighted by Crippen LogP contribution is 2.26. The van der Waals surface area contributed by atoms with E-state index in [1.807, 2.05) is 24.3 Å². The van der Waals surface area contributed by atoms with E-state index in [1.54, 1.807) is 31.4 Å². The number of carboxylic acid groups (broad SMARTS) is 1. The molecular weight excluding hydrogens is 360 g/mol. The molecule has 1 amide bonds. The molecule has 1 atom stereocenters. The van der Waals surface area contributed by atoms with Gasteiger partial charge in [0.15, 0.2) is 0 Å². The fourth-order valence-electron chi connectivity index (χ4n) is 3.14. The number of hydrogen-bond donors (Lipinski definition) is 3. The highest BCUT2D eigenvalue weighted by molar-refractivity contribution is 6.12. The molecule has 1 heterocycles. The third-order valence-electron chi connectivity index (χ3n) is 4.48. The summed E-state index contributed by atoms with van der Waals surface area (Å²) in [6.45, 7) is 1.26. The molecule has 1 aromatic heterocycles. The molecule has 7 heteroatoms. The molecule has 7 nitrogen and oxygen atoms in total. The van der Waals surface area contributed by atoms with Crippen molar-refractivity contribution in [1.82, 2.24) is 10.3 Å². The van der Waals surface area contributed by atoms with Gasteiger partial charge in [-0.3, -0.25) is 9.59 Å². The second kappa shape index (κ2) is 7.96. The number of nitrogens with one attached hydrogen (secondary N) is 2. The number of hydrogen-bond acceptors (Lipinski definition) is 4. The van der Waals surface area contributed by atoms with Crippen molar-refractivity contribution >= 4 is 28.6 Å². The molecule has 0 fully saturated rings. The number of ketones is 1. The van der Waals surface area contributed by atoms with E-state index in [-0.39, 0.29) is 12.2 Å². The number of amides is 1. The first-order valence-corrected chi connectivity index (χ1v) is 8.69. The van der Waals surface area contributed by atoms with E-state index in [4.69, 9.17) is 4.74 Å². The van der Waals surface area contributed by atoms with Gasteiger partial charge >= 0.3 is 5.97 Å². The van der Waals surface area contributed by atoms with Crippen LogP contribution >= 0.6 is 0 Å². The van der Waals surface area contributed by atoms with Crippen LogP contribution in [0.5, 0.6) is 5.75 Å². The second-order valence-electron chi connectivity index (χ2n) is 6.38. The quantitative estimate of drug-likeness (QED) is 0.546. The van der Waals surface area contributed by atoms with E-state index in [2.05, 4.69) is 10.3 Å². The van der Waals surface area contributed by atoms with Crippen LogP contribution in [0.3, 0.4) is 0 Å². The lowest BCUT2D eigenvalue weighted by atomic mass is 9.98. The van der Waals surface area contributed by atoms with Crippen LogP contribution < -0.4 is 10.1 Å². The third-order valence-corrected chi connectivity index (χ3v) is 4.48. The van der Waals surface area contributed by atoms with Gasteiger partial charge in [-0.1, -0.05) is 18.2 Å². The zero-order valence-corrected chi connectivity index (χ0v) is 15.5. The molecule has 1 unspecified atom stereocenters. The topological polar surface area (TPSA) is 108 Å². The summed E-state index contributed by atoms with van der Waals surface area (Å²) < 4.78 is 5.12. The van der Waals surface area contributed by atoms with Crippen molar-refractivity contribution in [1.29, 1.82) is 0 Å². The van der Waals surface area contributed by atoms with Crippen LogP contribution in [0.1, 0.15) is 28.5 Å². The zero-order valence-electron chi connectivity index (χ0n) is 15.5. The molecular formula is C21H20N2O5. The van der Waals surface area contributed by atoms with Crippen molar-refractivity contribution < 1.29 is 24.2 Å². The van der Waals surface area contributed by atoms with Gasteiger partial charge in [0.05, 0.1) is 12.8 Å². The molecule has 0 aliphatic rings. The third kappa shape index (κ3) is 3.88. The maximum absolute atomic E-state index is 13.1. The predicted octanol–water partition coefficient (Wildman–Crippen LogP) is 2.54. The van der Waals surface area contributed by atoms with E-state index < -0.39 is 17.9 Å². The summed E-state index contributed by atoms with van der Waals surface area (Å²) in [5.41, 5.74) is 2.03. The predicted molar refractivity (Wildman–Crippen MR) is 104 cm³/mol. The molecule has 3 aromatic rings. The maximum atomic E-state index is 13.1. The summed E-state index contributed by atoms with van der Waals surface area (Å²) in [7, 11) is 1.54. The van der Waals surface area contributed by atoms with Crippen LogP contribution in [0, 0.1) is 0 Å². The summed E-state index contributed by atoms with van der Waals surface area (Å²) in [6, 6.07) is 12.8. The molecule has 0 aliphatic heterocycles. The maximum Gasteiger partial charge on any atom is 0.326 e. The van der Waals surface area contributed by atoms with E-state index >= 15 is 0 Å². The number of aromatic amines is 1. The lowest BCUT2D eigenvalue weighted by molar-refractivity contribution is -0.141. The normalized spacial score (nSPS) is 11.8. The number of rotatable bonds is 7. The number of carbonyl (C=O) groups excluding carboxylic acids is 2. The molecule has 3 N–H and O–H groups in total. The Hall–Kier alpha value is -3.61. The molecule has 0 bridgehead atoms. The number of ether oxygens (including phenoxy) is 1. The van der Waals surface area contributed by atoms with Gasteiger partial charge in [-0.05, 0) is 35.9 Å². The van der Waals surface area contributed by atoms with Gasteiger partial charge in [0.2, 0.25) is 11.7 Å². The van der Waals surface area contributed by atoms with Gasteiger partial charge in [-0.25, -0.2) is 4.79 Å². The SMILES string of the molecule is COc1ccc(C(=O)c2[nH]c3ccccc3c2CC(NC(C)=O)C(=O)O)cc1. The highest BCUT2D eigenvalue weighted by Gasteiger charge is 2.25. The van der Waals surface area contributed by atoms with E-state index in [0.717, 1.165) is 10.9 Å². The Morgan fingerprint density at radius 1 is 1.11 bits per heavy atom. The zero-order chi connectivity index (χ0) is 20.3. The first-order valence-electron chi connectivity index (χ1n) is 8.69. The largest absolute Gasteiger partial charge is 0.497 e. The first-order chi connectivity index (χ1) is 13.4. The monoisotopic (exact) mass is 380 g/mol. The number of methoxy groups -OCH3 is 1. The highest BCUT2D eigenvalue weighted by atomic mass is 16.5. The van der Waals surface area contributed by atoms with Gasteiger partial charge in [-0.2, -0.15) is 0 Å². The van der Waals surface area contributed by atoms with Crippen molar-refractivity contribution in [2.75, 3.05) is 7.11 Å². The summed E-state index contributed by atoms with van der Waals surface area (Å²) in [6.07, 6.45) is -0.0177. The van der Waals surface area contributed by atoms with Crippen LogP contribution in [0.25, 0.3) is 10.9 Å². The van der Waals surface area contributed by atoms with Gasteiger partial charge in [0.25, 0.3) is 0 Å². The molecule has 144 valence electrons. The lowest BCUT2D eigenvalue weighted by Crippen LogP contribution is -2.41. The van der Waals surface area contributed by atoms with Crippen LogP contribution in [-0.4, -0.2) is 40.9 Å². The molecule has 0 aliphatic carbocycles. The van der Waals surface area contributed by atoms with Gasteiger partial charge in [-0.15, -0.1) is 0 Å². The average Bonchev–Trinajstić information content (AvgIpc) is 3.05.